The number of fused-ring (bicyclic) bond motifs is 1. The number of nitrogens with zero attached hydrogens (tertiary/aromatic N) is 1. The van der Waals surface area contributed by atoms with Crippen LogP contribution in [0.25, 0.3) is 0 Å². The quantitative estimate of drug-likeness (QED) is 0.648. The van der Waals surface area contributed by atoms with E-state index in [1.54, 1.807) is 13.8 Å². The van der Waals surface area contributed by atoms with Crippen LogP contribution in [-0.4, -0.2) is 29.8 Å². The van der Waals surface area contributed by atoms with Crippen molar-refractivity contribution in [1.29, 1.82) is 0 Å². The predicted octanol–water partition coefficient (Wildman–Crippen LogP) is 2.90. The standard InChI is InChI=1S/C19H28N2O2/c1-4-5-8-12-20-17(22)19(2,3)18(23)21-13-11-15-9-6-7-10-16(15)14-21/h6-7,9-10H,4-5,8,11-14H2,1-3H3,(H,20,22). The molecule has 0 atom stereocenters. The highest BCUT2D eigenvalue weighted by atomic mass is 16.2. The summed E-state index contributed by atoms with van der Waals surface area (Å²) in [6.45, 7) is 7.51. The van der Waals surface area contributed by atoms with Gasteiger partial charge in [-0.2, -0.15) is 0 Å². The largest absolute Gasteiger partial charge is 0.355 e. The number of nitrogens with one attached hydrogen (secondary N) is 1. The summed E-state index contributed by atoms with van der Waals surface area (Å²) in [5, 5.41) is 2.91. The molecular weight excluding hydrogens is 288 g/mol. The van der Waals surface area contributed by atoms with Gasteiger partial charge in [0.05, 0.1) is 0 Å². The second kappa shape index (κ2) is 7.62. The fourth-order valence-electron chi connectivity index (χ4n) is 2.96. The molecule has 2 rings (SSSR count). The molecule has 1 heterocycles. The van der Waals surface area contributed by atoms with E-state index in [4.69, 9.17) is 0 Å². The number of carbonyl (C=O) groups excluding carboxylic acids is 2. The van der Waals surface area contributed by atoms with E-state index in [1.165, 1.54) is 11.1 Å². The highest BCUT2D eigenvalue weighted by molar-refractivity contribution is 6.04. The third-order valence-corrected chi connectivity index (χ3v) is 4.59. The van der Waals surface area contributed by atoms with E-state index in [0.717, 1.165) is 25.7 Å². The molecule has 4 nitrogen and oxygen atoms in total. The normalized spacial score (nSPS) is 14.3. The smallest absolute Gasteiger partial charge is 0.238 e. The van der Waals surface area contributed by atoms with E-state index in [0.29, 0.717) is 19.6 Å². The molecule has 0 fully saturated rings. The summed E-state index contributed by atoms with van der Waals surface area (Å²) in [5.41, 5.74) is 1.48. The Kier molecular flexibility index (Phi) is 5.80. The molecule has 0 spiro atoms. The van der Waals surface area contributed by atoms with Gasteiger partial charge in [0.2, 0.25) is 11.8 Å². The minimum Gasteiger partial charge on any atom is -0.355 e. The second-order valence-corrected chi connectivity index (χ2v) is 6.83. The van der Waals surface area contributed by atoms with E-state index >= 15 is 0 Å². The third-order valence-electron chi connectivity index (χ3n) is 4.59. The zero-order valence-electron chi connectivity index (χ0n) is 14.5. The molecule has 1 aliphatic heterocycles. The highest BCUT2D eigenvalue weighted by Gasteiger charge is 2.39. The summed E-state index contributed by atoms with van der Waals surface area (Å²) in [6.07, 6.45) is 4.03. The van der Waals surface area contributed by atoms with E-state index in [-0.39, 0.29) is 11.8 Å². The van der Waals surface area contributed by atoms with Crippen LogP contribution in [0, 0.1) is 5.41 Å². The molecule has 4 heteroatoms. The summed E-state index contributed by atoms with van der Waals surface area (Å²) >= 11 is 0. The number of benzene rings is 1. The number of amides is 2. The third kappa shape index (κ3) is 4.12. The molecular formula is C19H28N2O2. The number of hydrogen-bond acceptors (Lipinski definition) is 2. The Balaban J connectivity index is 1.97. The molecule has 126 valence electrons. The van der Waals surface area contributed by atoms with Crippen LogP contribution in [0.3, 0.4) is 0 Å². The van der Waals surface area contributed by atoms with E-state index in [2.05, 4.69) is 24.4 Å². The van der Waals surface area contributed by atoms with Crippen LogP contribution in [0.5, 0.6) is 0 Å². The van der Waals surface area contributed by atoms with Crippen molar-refractivity contribution in [1.82, 2.24) is 10.2 Å². The van der Waals surface area contributed by atoms with Crippen LogP contribution < -0.4 is 5.32 Å². The van der Waals surface area contributed by atoms with Crippen molar-refractivity contribution in [3.63, 3.8) is 0 Å². The number of unbranched alkanes of at least 4 members (excludes halogenated alkanes) is 2. The summed E-state index contributed by atoms with van der Waals surface area (Å²) in [7, 11) is 0. The fourth-order valence-corrected chi connectivity index (χ4v) is 2.96. The maximum absolute atomic E-state index is 12.8. The zero-order chi connectivity index (χ0) is 16.9. The average molecular weight is 316 g/mol. The van der Waals surface area contributed by atoms with Gasteiger partial charge in [0.1, 0.15) is 5.41 Å². The van der Waals surface area contributed by atoms with E-state index in [1.807, 2.05) is 17.0 Å². The average Bonchev–Trinajstić information content (AvgIpc) is 2.57. The molecule has 0 saturated carbocycles. The Labute approximate surface area is 139 Å². The Morgan fingerprint density at radius 3 is 2.57 bits per heavy atom. The lowest BCUT2D eigenvalue weighted by molar-refractivity contribution is -0.149. The van der Waals surface area contributed by atoms with Crippen molar-refractivity contribution >= 4 is 11.8 Å². The second-order valence-electron chi connectivity index (χ2n) is 6.83. The topological polar surface area (TPSA) is 49.4 Å². The highest BCUT2D eigenvalue weighted by Crippen LogP contribution is 2.25. The first-order valence-electron chi connectivity index (χ1n) is 8.61. The molecule has 0 radical (unpaired) electrons. The summed E-state index contributed by atoms with van der Waals surface area (Å²) < 4.78 is 0. The van der Waals surface area contributed by atoms with E-state index in [9.17, 15) is 9.59 Å². The Morgan fingerprint density at radius 2 is 1.87 bits per heavy atom. The lowest BCUT2D eigenvalue weighted by Crippen LogP contribution is -2.50. The maximum Gasteiger partial charge on any atom is 0.238 e. The first kappa shape index (κ1) is 17.5. The summed E-state index contributed by atoms with van der Waals surface area (Å²) in [4.78, 5) is 27.0. The van der Waals surface area contributed by atoms with Gasteiger partial charge in [0.25, 0.3) is 0 Å². The molecule has 0 aromatic heterocycles. The molecule has 1 N–H and O–H groups in total. The van der Waals surface area contributed by atoms with Crippen LogP contribution in [0.1, 0.15) is 51.2 Å². The molecule has 1 aromatic carbocycles. The van der Waals surface area contributed by atoms with Gasteiger partial charge in [-0.3, -0.25) is 9.59 Å². The van der Waals surface area contributed by atoms with Crippen molar-refractivity contribution in [2.24, 2.45) is 5.41 Å². The van der Waals surface area contributed by atoms with Gasteiger partial charge in [-0.15, -0.1) is 0 Å². The van der Waals surface area contributed by atoms with Crippen LogP contribution in [0.4, 0.5) is 0 Å². The lowest BCUT2D eigenvalue weighted by Gasteiger charge is -2.34. The number of hydrogen-bond donors (Lipinski definition) is 1. The van der Waals surface area contributed by atoms with Gasteiger partial charge < -0.3 is 10.2 Å². The van der Waals surface area contributed by atoms with Gasteiger partial charge in [0.15, 0.2) is 0 Å². The molecule has 0 aliphatic carbocycles. The van der Waals surface area contributed by atoms with Gasteiger partial charge in [-0.05, 0) is 37.8 Å². The summed E-state index contributed by atoms with van der Waals surface area (Å²) in [6, 6.07) is 8.21. The van der Waals surface area contributed by atoms with Crippen molar-refractivity contribution in [2.45, 2.75) is 53.0 Å². The fraction of sp³-hybridized carbons (Fsp3) is 0.579. The summed E-state index contributed by atoms with van der Waals surface area (Å²) in [5.74, 6) is -0.252. The first-order chi connectivity index (χ1) is 11.0. The Bertz CT molecular complexity index is 566. The molecule has 0 unspecified atom stereocenters. The van der Waals surface area contributed by atoms with Crippen LogP contribution >= 0.6 is 0 Å². The van der Waals surface area contributed by atoms with Gasteiger partial charge in [-0.1, -0.05) is 44.0 Å². The molecule has 1 aromatic rings. The van der Waals surface area contributed by atoms with Crippen molar-refractivity contribution < 1.29 is 9.59 Å². The SMILES string of the molecule is CCCCCNC(=O)C(C)(C)C(=O)N1CCc2ccccc2C1. The monoisotopic (exact) mass is 316 g/mol. The lowest BCUT2D eigenvalue weighted by atomic mass is 9.88. The van der Waals surface area contributed by atoms with Crippen LogP contribution in [-0.2, 0) is 22.6 Å². The molecule has 0 saturated heterocycles. The number of carbonyl (C=O) groups is 2. The van der Waals surface area contributed by atoms with Crippen LogP contribution in [0.2, 0.25) is 0 Å². The molecule has 2 amide bonds. The van der Waals surface area contributed by atoms with Crippen molar-refractivity contribution in [3.8, 4) is 0 Å². The minimum absolute atomic E-state index is 0.0833. The predicted molar refractivity (Wildman–Crippen MR) is 91.9 cm³/mol. The first-order valence-corrected chi connectivity index (χ1v) is 8.61. The Morgan fingerprint density at radius 1 is 1.17 bits per heavy atom. The Hall–Kier alpha value is -1.84. The molecule has 23 heavy (non-hydrogen) atoms. The van der Waals surface area contributed by atoms with Gasteiger partial charge >= 0.3 is 0 Å². The van der Waals surface area contributed by atoms with Crippen molar-refractivity contribution in [3.05, 3.63) is 35.4 Å². The van der Waals surface area contributed by atoms with Crippen LogP contribution in [0.15, 0.2) is 24.3 Å². The molecule has 0 bridgehead atoms. The van der Waals surface area contributed by atoms with Crippen molar-refractivity contribution in [2.75, 3.05) is 13.1 Å². The van der Waals surface area contributed by atoms with E-state index < -0.39 is 5.41 Å². The van der Waals surface area contributed by atoms with Gasteiger partial charge in [0, 0.05) is 19.6 Å². The minimum atomic E-state index is -1.02. The number of rotatable bonds is 6. The zero-order valence-corrected chi connectivity index (χ0v) is 14.5. The van der Waals surface area contributed by atoms with Gasteiger partial charge in [-0.25, -0.2) is 0 Å². The maximum atomic E-state index is 12.8. The molecule has 1 aliphatic rings.